The van der Waals surface area contributed by atoms with Crippen molar-refractivity contribution in [2.75, 3.05) is 13.1 Å². The molecule has 1 N–H and O–H groups in total. The number of nitrogens with one attached hydrogen (secondary N) is 1. The number of imidazole rings is 1. The van der Waals surface area contributed by atoms with Crippen LogP contribution in [0.15, 0.2) is 23.5 Å². The number of fused-ring (bicyclic) bond motifs is 1. The molecule has 1 saturated heterocycles. The molecular formula is C22H29N7O2. The molecule has 9 heteroatoms. The van der Waals surface area contributed by atoms with Gasteiger partial charge in [-0.05, 0) is 45.4 Å². The molecule has 2 aliphatic rings. The molecule has 31 heavy (non-hydrogen) atoms. The van der Waals surface area contributed by atoms with E-state index in [2.05, 4.69) is 36.7 Å². The summed E-state index contributed by atoms with van der Waals surface area (Å²) < 4.78 is 1.87. The standard InChI is InChI=1S/C12H12N6O.C10H17NO/c1-3-18-10(8-4-13-7(2)14-5-8)17-9-11(18)15-6-16-12(9)19;1-8-4-5-9(8)10(12)11-6-2-3-7-11/h4-6H,3H2,1-2H3,(H,15,16,19);8-9H,2-7H2,1H3. The van der Waals surface area contributed by atoms with Gasteiger partial charge in [0.15, 0.2) is 11.2 Å². The number of H-pyrrole nitrogens is 1. The number of hydrogen-bond donors (Lipinski definition) is 1. The van der Waals surface area contributed by atoms with E-state index in [1.165, 1.54) is 25.6 Å². The Hall–Kier alpha value is -3.10. The smallest absolute Gasteiger partial charge is 0.278 e. The molecular weight excluding hydrogens is 394 g/mol. The van der Waals surface area contributed by atoms with Gasteiger partial charge in [-0.25, -0.2) is 19.9 Å². The lowest BCUT2D eigenvalue weighted by molar-refractivity contribution is -0.139. The fourth-order valence-electron chi connectivity index (χ4n) is 4.18. The Morgan fingerprint density at radius 1 is 1.16 bits per heavy atom. The summed E-state index contributed by atoms with van der Waals surface area (Å²) in [6, 6.07) is 0. The molecule has 3 aromatic heterocycles. The number of rotatable bonds is 3. The molecule has 1 saturated carbocycles. The third-order valence-corrected chi connectivity index (χ3v) is 6.25. The summed E-state index contributed by atoms with van der Waals surface area (Å²) in [5.74, 6) is 2.81. The Labute approximate surface area is 181 Å². The van der Waals surface area contributed by atoms with Crippen molar-refractivity contribution < 1.29 is 4.79 Å². The van der Waals surface area contributed by atoms with Crippen molar-refractivity contribution in [3.05, 3.63) is 34.9 Å². The van der Waals surface area contributed by atoms with Crippen molar-refractivity contribution >= 4 is 17.1 Å². The predicted octanol–water partition coefficient (Wildman–Crippen LogP) is 2.56. The zero-order valence-corrected chi connectivity index (χ0v) is 18.3. The topological polar surface area (TPSA) is 110 Å². The van der Waals surface area contributed by atoms with E-state index in [-0.39, 0.29) is 5.56 Å². The highest BCUT2D eigenvalue weighted by molar-refractivity contribution is 5.80. The lowest BCUT2D eigenvalue weighted by atomic mass is 9.74. The molecule has 0 bridgehead atoms. The van der Waals surface area contributed by atoms with Gasteiger partial charge in [-0.2, -0.15) is 0 Å². The van der Waals surface area contributed by atoms with E-state index in [1.54, 1.807) is 12.4 Å². The van der Waals surface area contributed by atoms with Gasteiger partial charge >= 0.3 is 0 Å². The summed E-state index contributed by atoms with van der Waals surface area (Å²) in [6.45, 7) is 8.68. The van der Waals surface area contributed by atoms with Gasteiger partial charge < -0.3 is 14.5 Å². The molecule has 9 nitrogen and oxygen atoms in total. The SMILES string of the molecule is CC1CCC1C(=O)N1CCCC1.CCn1c(-c2cnc(C)nc2)nc2c(=O)[nH]cnc21. The molecule has 2 atom stereocenters. The summed E-state index contributed by atoms with van der Waals surface area (Å²) in [5.41, 5.74) is 1.43. The van der Waals surface area contributed by atoms with E-state index in [0.717, 1.165) is 25.1 Å². The second-order valence-corrected chi connectivity index (χ2v) is 8.30. The number of carbonyl (C=O) groups excluding carboxylic acids is 1. The number of likely N-dealkylation sites (tertiary alicyclic amines) is 1. The van der Waals surface area contributed by atoms with Crippen LogP contribution in [-0.2, 0) is 11.3 Å². The highest BCUT2D eigenvalue weighted by Crippen LogP contribution is 2.35. The molecule has 3 aromatic rings. The van der Waals surface area contributed by atoms with E-state index in [1.807, 2.05) is 18.4 Å². The van der Waals surface area contributed by atoms with Crippen molar-refractivity contribution in [1.82, 2.24) is 34.4 Å². The number of aryl methyl sites for hydroxylation is 2. The lowest BCUT2D eigenvalue weighted by Crippen LogP contribution is -2.41. The van der Waals surface area contributed by atoms with Gasteiger partial charge in [-0.3, -0.25) is 9.59 Å². The zero-order chi connectivity index (χ0) is 22.0. The Morgan fingerprint density at radius 3 is 2.45 bits per heavy atom. The van der Waals surface area contributed by atoms with Gasteiger partial charge in [0.25, 0.3) is 5.56 Å². The highest BCUT2D eigenvalue weighted by Gasteiger charge is 2.36. The quantitative estimate of drug-likeness (QED) is 0.693. The maximum Gasteiger partial charge on any atom is 0.278 e. The van der Waals surface area contributed by atoms with Gasteiger partial charge in [-0.1, -0.05) is 6.92 Å². The maximum atomic E-state index is 11.8. The van der Waals surface area contributed by atoms with Crippen molar-refractivity contribution in [2.45, 2.75) is 53.0 Å². The molecule has 2 unspecified atom stereocenters. The summed E-state index contributed by atoms with van der Waals surface area (Å²) in [4.78, 5) is 44.9. The van der Waals surface area contributed by atoms with Crippen LogP contribution in [0.3, 0.4) is 0 Å². The van der Waals surface area contributed by atoms with Crippen molar-refractivity contribution in [3.8, 4) is 11.4 Å². The Morgan fingerprint density at radius 2 is 1.87 bits per heavy atom. The first-order chi connectivity index (χ1) is 15.0. The Kier molecular flexibility index (Phi) is 6.11. The molecule has 2 fully saturated rings. The van der Waals surface area contributed by atoms with E-state index in [4.69, 9.17) is 0 Å². The summed E-state index contributed by atoms with van der Waals surface area (Å²) >= 11 is 0. The second-order valence-electron chi connectivity index (χ2n) is 8.30. The Bertz CT molecular complexity index is 1110. The third-order valence-electron chi connectivity index (χ3n) is 6.25. The van der Waals surface area contributed by atoms with Crippen LogP contribution < -0.4 is 5.56 Å². The van der Waals surface area contributed by atoms with Crippen LogP contribution in [0.1, 0.15) is 45.4 Å². The van der Waals surface area contributed by atoms with E-state index < -0.39 is 0 Å². The number of aromatic nitrogens is 6. The van der Waals surface area contributed by atoms with E-state index in [9.17, 15) is 9.59 Å². The minimum Gasteiger partial charge on any atom is -0.342 e. The van der Waals surface area contributed by atoms with Gasteiger partial charge in [0.1, 0.15) is 11.6 Å². The van der Waals surface area contributed by atoms with Crippen LogP contribution in [-0.4, -0.2) is 53.4 Å². The third kappa shape index (κ3) is 4.22. The number of hydrogen-bond acceptors (Lipinski definition) is 6. The molecule has 164 valence electrons. The number of carbonyl (C=O) groups is 1. The first kappa shape index (κ1) is 21.1. The number of aromatic amines is 1. The van der Waals surface area contributed by atoms with Gasteiger partial charge in [0, 0.05) is 37.9 Å². The molecule has 1 amide bonds. The molecule has 0 spiro atoms. The highest BCUT2D eigenvalue weighted by atomic mass is 16.2. The summed E-state index contributed by atoms with van der Waals surface area (Å²) in [6.07, 6.45) is 9.60. The fraction of sp³-hybridized carbons (Fsp3) is 0.545. The molecule has 5 rings (SSSR count). The van der Waals surface area contributed by atoms with Crippen molar-refractivity contribution in [2.24, 2.45) is 11.8 Å². The van der Waals surface area contributed by atoms with Gasteiger partial charge in [0.05, 0.1) is 11.9 Å². The van der Waals surface area contributed by atoms with Crippen LogP contribution in [0, 0.1) is 18.8 Å². The molecule has 4 heterocycles. The second kappa shape index (κ2) is 8.95. The fourth-order valence-corrected chi connectivity index (χ4v) is 4.18. The first-order valence-electron chi connectivity index (χ1n) is 11.0. The molecule has 0 radical (unpaired) electrons. The van der Waals surface area contributed by atoms with Crippen molar-refractivity contribution in [1.29, 1.82) is 0 Å². The van der Waals surface area contributed by atoms with E-state index >= 15 is 0 Å². The number of amides is 1. The largest absolute Gasteiger partial charge is 0.342 e. The summed E-state index contributed by atoms with van der Waals surface area (Å²) in [5, 5.41) is 0. The molecule has 0 aromatic carbocycles. The van der Waals surface area contributed by atoms with Crippen molar-refractivity contribution in [3.63, 3.8) is 0 Å². The average molecular weight is 424 g/mol. The predicted molar refractivity (Wildman–Crippen MR) is 117 cm³/mol. The molecule has 1 aliphatic heterocycles. The zero-order valence-electron chi connectivity index (χ0n) is 18.3. The number of nitrogens with zero attached hydrogens (tertiary/aromatic N) is 6. The van der Waals surface area contributed by atoms with Gasteiger partial charge in [-0.15, -0.1) is 0 Å². The van der Waals surface area contributed by atoms with Gasteiger partial charge in [0.2, 0.25) is 5.91 Å². The minimum atomic E-state index is -0.244. The van der Waals surface area contributed by atoms with Crippen LogP contribution in [0.2, 0.25) is 0 Å². The van der Waals surface area contributed by atoms with E-state index in [0.29, 0.717) is 47.1 Å². The monoisotopic (exact) mass is 423 g/mol. The normalized spacial score (nSPS) is 20.3. The van der Waals surface area contributed by atoms with Crippen LogP contribution in [0.5, 0.6) is 0 Å². The Balaban J connectivity index is 0.000000166. The van der Waals surface area contributed by atoms with Crippen LogP contribution >= 0.6 is 0 Å². The van der Waals surface area contributed by atoms with Crippen LogP contribution in [0.25, 0.3) is 22.6 Å². The molecule has 1 aliphatic carbocycles. The van der Waals surface area contributed by atoms with Crippen LogP contribution in [0.4, 0.5) is 0 Å². The maximum absolute atomic E-state index is 11.8. The minimum absolute atomic E-state index is 0.244. The first-order valence-corrected chi connectivity index (χ1v) is 11.0. The average Bonchev–Trinajstić information content (AvgIpc) is 3.42. The lowest BCUT2D eigenvalue weighted by Gasteiger charge is -2.35. The summed E-state index contributed by atoms with van der Waals surface area (Å²) in [7, 11) is 0.